The van der Waals surface area contributed by atoms with Gasteiger partial charge in [-0.05, 0) is 19.1 Å². The number of amides is 1. The van der Waals surface area contributed by atoms with Gasteiger partial charge in [0.15, 0.2) is 0 Å². The molecule has 0 spiro atoms. The fourth-order valence-corrected chi connectivity index (χ4v) is 1.43. The smallest absolute Gasteiger partial charge is 0.269 e. The number of benzene rings is 1. The lowest BCUT2D eigenvalue weighted by atomic mass is 10.2. The molecule has 1 aromatic rings. The molecule has 1 aliphatic rings. The summed E-state index contributed by atoms with van der Waals surface area (Å²) in [6.45, 7) is 1.62. The zero-order valence-corrected chi connectivity index (χ0v) is 8.12. The molecule has 0 saturated heterocycles. The summed E-state index contributed by atoms with van der Waals surface area (Å²) in [6.07, 6.45) is 0. The van der Waals surface area contributed by atoms with E-state index in [0.29, 0.717) is 11.4 Å². The number of para-hydroxylation sites is 1. The molecule has 0 radical (unpaired) electrons. The van der Waals surface area contributed by atoms with Crippen molar-refractivity contribution in [3.8, 4) is 0 Å². The van der Waals surface area contributed by atoms with Crippen LogP contribution >= 0.6 is 0 Å². The quantitative estimate of drug-likeness (QED) is 0.684. The first-order chi connectivity index (χ1) is 7.24. The van der Waals surface area contributed by atoms with E-state index >= 15 is 0 Å². The summed E-state index contributed by atoms with van der Waals surface area (Å²) in [5.41, 5.74) is 1.08. The molecule has 1 amide bonds. The van der Waals surface area contributed by atoms with Crippen LogP contribution in [0.25, 0.3) is 0 Å². The highest BCUT2D eigenvalue weighted by molar-refractivity contribution is 6.18. The van der Waals surface area contributed by atoms with Crippen LogP contribution in [0.4, 0.5) is 5.69 Å². The Bertz CT molecular complexity index is 428. The number of hydrogen-bond acceptors (Lipinski definition) is 4. The van der Waals surface area contributed by atoms with Crippen molar-refractivity contribution in [1.29, 1.82) is 0 Å². The molecule has 0 unspecified atom stereocenters. The zero-order chi connectivity index (χ0) is 10.8. The lowest BCUT2D eigenvalue weighted by Crippen LogP contribution is -2.29. The molecule has 1 aliphatic heterocycles. The normalized spacial score (nSPS) is 20.3. The largest absolute Gasteiger partial charge is 0.281 e. The first-order valence-corrected chi connectivity index (χ1v) is 4.50. The standard InChI is InChI=1S/C10H9N3O2/c1-7-9(12-15)10(14)13(11-7)8-5-3-2-4-6-8/h2-6,9H,1H3/t9-/m1/s1. The van der Waals surface area contributed by atoms with Gasteiger partial charge in [0.1, 0.15) is 0 Å². The Balaban J connectivity index is 2.35. The monoisotopic (exact) mass is 203 g/mol. The van der Waals surface area contributed by atoms with Gasteiger partial charge in [0.2, 0.25) is 6.04 Å². The van der Waals surface area contributed by atoms with Gasteiger partial charge in [-0.15, -0.1) is 4.91 Å². The molecule has 76 valence electrons. The van der Waals surface area contributed by atoms with Gasteiger partial charge in [-0.25, -0.2) is 0 Å². The molecule has 0 bridgehead atoms. The molecule has 0 saturated carbocycles. The lowest BCUT2D eigenvalue weighted by Gasteiger charge is -2.11. The van der Waals surface area contributed by atoms with Gasteiger partial charge in [0.05, 0.1) is 11.4 Å². The fraction of sp³-hybridized carbons (Fsp3) is 0.200. The van der Waals surface area contributed by atoms with Gasteiger partial charge in [-0.3, -0.25) is 4.79 Å². The van der Waals surface area contributed by atoms with Crippen LogP contribution in [0, 0.1) is 4.91 Å². The van der Waals surface area contributed by atoms with Crippen molar-refractivity contribution in [2.75, 3.05) is 5.01 Å². The zero-order valence-electron chi connectivity index (χ0n) is 8.12. The molecule has 0 aromatic heterocycles. The van der Waals surface area contributed by atoms with Crippen molar-refractivity contribution in [3.05, 3.63) is 35.2 Å². The minimum Gasteiger partial charge on any atom is -0.269 e. The highest BCUT2D eigenvalue weighted by atomic mass is 16.3. The Hall–Kier alpha value is -2.04. The third kappa shape index (κ3) is 1.52. The Kier molecular flexibility index (Phi) is 2.29. The Morgan fingerprint density at radius 1 is 1.33 bits per heavy atom. The van der Waals surface area contributed by atoms with Crippen molar-refractivity contribution in [2.45, 2.75) is 13.0 Å². The Labute approximate surface area is 86.4 Å². The number of carbonyl (C=O) groups is 1. The fourth-order valence-electron chi connectivity index (χ4n) is 1.43. The predicted octanol–water partition coefficient (Wildman–Crippen LogP) is 1.54. The van der Waals surface area contributed by atoms with Crippen molar-refractivity contribution in [3.63, 3.8) is 0 Å². The molecule has 5 heteroatoms. The molecule has 1 heterocycles. The summed E-state index contributed by atoms with van der Waals surface area (Å²) in [5.74, 6) is -0.395. The molecule has 1 aromatic carbocycles. The summed E-state index contributed by atoms with van der Waals surface area (Å²) in [7, 11) is 0. The maximum Gasteiger partial charge on any atom is 0.281 e. The highest BCUT2D eigenvalue weighted by Crippen LogP contribution is 2.21. The summed E-state index contributed by atoms with van der Waals surface area (Å²) in [6, 6.07) is 7.98. The summed E-state index contributed by atoms with van der Waals surface area (Å²) in [5, 5.41) is 7.96. The molecule has 0 aliphatic carbocycles. The van der Waals surface area contributed by atoms with Gasteiger partial charge in [-0.1, -0.05) is 23.4 Å². The van der Waals surface area contributed by atoms with Crippen molar-refractivity contribution >= 4 is 17.3 Å². The van der Waals surface area contributed by atoms with Crippen LogP contribution in [0.1, 0.15) is 6.92 Å². The number of carbonyl (C=O) groups excluding carboxylic acids is 1. The minimum absolute atomic E-state index is 0.395. The number of hydrogen-bond donors (Lipinski definition) is 0. The van der Waals surface area contributed by atoms with Gasteiger partial charge in [0.25, 0.3) is 5.91 Å². The third-order valence-corrected chi connectivity index (χ3v) is 2.20. The van der Waals surface area contributed by atoms with Crippen LogP contribution in [0.3, 0.4) is 0 Å². The molecule has 0 fully saturated rings. The van der Waals surface area contributed by atoms with Crippen molar-refractivity contribution in [1.82, 2.24) is 0 Å². The van der Waals surface area contributed by atoms with Crippen LogP contribution in [-0.2, 0) is 4.79 Å². The van der Waals surface area contributed by atoms with E-state index in [2.05, 4.69) is 10.3 Å². The summed E-state index contributed by atoms with van der Waals surface area (Å²) >= 11 is 0. The summed E-state index contributed by atoms with van der Waals surface area (Å²) in [4.78, 5) is 22.1. The second kappa shape index (κ2) is 3.61. The number of nitrogens with zero attached hydrogens (tertiary/aromatic N) is 3. The van der Waals surface area contributed by atoms with E-state index in [0.717, 1.165) is 0 Å². The number of nitroso groups, excluding NO2 is 1. The molecule has 2 rings (SSSR count). The maximum absolute atomic E-state index is 11.7. The minimum atomic E-state index is -0.967. The van der Waals surface area contributed by atoms with Crippen LogP contribution in [-0.4, -0.2) is 17.7 Å². The van der Waals surface area contributed by atoms with Crippen LogP contribution in [0.5, 0.6) is 0 Å². The van der Waals surface area contributed by atoms with Gasteiger partial charge in [-0.2, -0.15) is 10.1 Å². The Morgan fingerprint density at radius 2 is 2.00 bits per heavy atom. The average molecular weight is 203 g/mol. The van der Waals surface area contributed by atoms with Crippen LogP contribution in [0.15, 0.2) is 40.6 Å². The summed E-state index contributed by atoms with van der Waals surface area (Å²) < 4.78 is 0. The third-order valence-electron chi connectivity index (χ3n) is 2.20. The molecule has 5 nitrogen and oxygen atoms in total. The first-order valence-electron chi connectivity index (χ1n) is 4.50. The van der Waals surface area contributed by atoms with E-state index in [4.69, 9.17) is 0 Å². The van der Waals surface area contributed by atoms with Gasteiger partial charge in [0, 0.05) is 0 Å². The lowest BCUT2D eigenvalue weighted by molar-refractivity contribution is -0.117. The maximum atomic E-state index is 11.7. The van der Waals surface area contributed by atoms with E-state index in [1.807, 2.05) is 6.07 Å². The number of hydrazone groups is 1. The molecular formula is C10H9N3O2. The van der Waals surface area contributed by atoms with Crippen LogP contribution in [0.2, 0.25) is 0 Å². The predicted molar refractivity (Wildman–Crippen MR) is 56.6 cm³/mol. The molecule has 15 heavy (non-hydrogen) atoms. The SMILES string of the molecule is CC1=NN(c2ccccc2)C(=O)[C@@H]1N=O. The van der Waals surface area contributed by atoms with Crippen LogP contribution < -0.4 is 5.01 Å². The number of rotatable bonds is 2. The van der Waals surface area contributed by atoms with E-state index in [-0.39, 0.29) is 0 Å². The second-order valence-electron chi connectivity index (χ2n) is 3.23. The average Bonchev–Trinajstić information content (AvgIpc) is 2.55. The number of anilines is 1. The van der Waals surface area contributed by atoms with Gasteiger partial charge >= 0.3 is 0 Å². The highest BCUT2D eigenvalue weighted by Gasteiger charge is 2.35. The van der Waals surface area contributed by atoms with E-state index in [9.17, 15) is 9.70 Å². The first kappa shape index (κ1) is 9.51. The topological polar surface area (TPSA) is 62.1 Å². The van der Waals surface area contributed by atoms with E-state index < -0.39 is 11.9 Å². The van der Waals surface area contributed by atoms with E-state index in [1.54, 1.807) is 31.2 Å². The Morgan fingerprint density at radius 3 is 2.53 bits per heavy atom. The second-order valence-corrected chi connectivity index (χ2v) is 3.23. The van der Waals surface area contributed by atoms with Crippen molar-refractivity contribution in [2.24, 2.45) is 10.3 Å². The molecule has 1 atom stereocenters. The van der Waals surface area contributed by atoms with Crippen molar-refractivity contribution < 1.29 is 4.79 Å². The van der Waals surface area contributed by atoms with E-state index in [1.165, 1.54) is 5.01 Å². The molecule has 0 N–H and O–H groups in total. The van der Waals surface area contributed by atoms with Gasteiger partial charge < -0.3 is 0 Å². The molecular weight excluding hydrogens is 194 g/mol.